The van der Waals surface area contributed by atoms with Gasteiger partial charge >= 0.3 is 12.1 Å². The Balaban J connectivity index is 2.07. The van der Waals surface area contributed by atoms with Gasteiger partial charge in [-0.1, -0.05) is 0 Å². The first-order chi connectivity index (χ1) is 16.9. The van der Waals surface area contributed by atoms with E-state index in [1.54, 1.807) is 6.92 Å². The van der Waals surface area contributed by atoms with Crippen LogP contribution in [0, 0.1) is 17.0 Å². The Labute approximate surface area is 202 Å². The number of fused-ring (bicyclic) bond motifs is 1. The molecule has 36 heavy (non-hydrogen) atoms. The first kappa shape index (κ1) is 26.4. The molecule has 1 aromatic heterocycles. The molecule has 0 aliphatic rings. The van der Waals surface area contributed by atoms with Crippen LogP contribution in [0.15, 0.2) is 30.3 Å². The van der Waals surface area contributed by atoms with E-state index in [-0.39, 0.29) is 36.0 Å². The zero-order valence-corrected chi connectivity index (χ0v) is 19.1. The number of carboxylic acids is 1. The molecule has 0 saturated heterocycles. The maximum Gasteiger partial charge on any atom is 0.416 e. The second-order valence-corrected chi connectivity index (χ2v) is 7.69. The minimum Gasteiger partial charge on any atom is -0.488 e. The minimum atomic E-state index is -4.78. The number of rotatable bonds is 10. The molecule has 0 spiro atoms. The standard InChI is InChI=1S/C22H22F3N5O6/c1-11(13-5-14(22(23,24)25)7-15(6-13)30(33)34)27-21-16-8-18(36-10-20(31)32)19(35-4-3-26)9-17(16)28-12(2)29-21/h5-9,11H,3-4,10,26H2,1-2H3,(H,31,32)(H,27,28,29). The number of aliphatic carboxylic acids is 1. The van der Waals surface area contributed by atoms with Crippen molar-refractivity contribution < 1.29 is 37.5 Å². The Morgan fingerprint density at radius 3 is 2.50 bits per heavy atom. The van der Waals surface area contributed by atoms with E-state index >= 15 is 0 Å². The number of nitrogens with one attached hydrogen (secondary N) is 1. The van der Waals surface area contributed by atoms with E-state index in [9.17, 15) is 28.1 Å². The molecular formula is C22H22F3N5O6. The summed E-state index contributed by atoms with van der Waals surface area (Å²) in [5.41, 5.74) is 4.00. The molecule has 3 aromatic rings. The van der Waals surface area contributed by atoms with Gasteiger partial charge in [-0.3, -0.25) is 10.1 Å². The molecule has 1 atom stereocenters. The fourth-order valence-corrected chi connectivity index (χ4v) is 3.34. The zero-order valence-electron chi connectivity index (χ0n) is 19.1. The molecule has 4 N–H and O–H groups in total. The van der Waals surface area contributed by atoms with Gasteiger partial charge in [-0.25, -0.2) is 14.8 Å². The average Bonchev–Trinajstić information content (AvgIpc) is 2.80. The fraction of sp³-hybridized carbons (Fsp3) is 0.318. The number of anilines is 1. The number of nitro groups is 1. The number of nitrogens with zero attached hydrogens (tertiary/aromatic N) is 3. The highest BCUT2D eigenvalue weighted by Crippen LogP contribution is 2.37. The zero-order chi connectivity index (χ0) is 26.6. The van der Waals surface area contributed by atoms with Gasteiger partial charge in [0.05, 0.1) is 22.0 Å². The van der Waals surface area contributed by atoms with E-state index in [1.807, 2.05) is 0 Å². The molecule has 14 heteroatoms. The molecular weight excluding hydrogens is 487 g/mol. The number of carboxylic acid groups (broad SMARTS) is 1. The number of ether oxygens (including phenoxy) is 2. The number of hydrogen-bond donors (Lipinski definition) is 3. The molecule has 192 valence electrons. The predicted octanol–water partition coefficient (Wildman–Crippen LogP) is 3.84. The van der Waals surface area contributed by atoms with Crippen molar-refractivity contribution in [2.45, 2.75) is 26.1 Å². The number of alkyl halides is 3. The monoisotopic (exact) mass is 509 g/mol. The molecule has 0 aliphatic heterocycles. The third-order valence-electron chi connectivity index (χ3n) is 4.93. The Hall–Kier alpha value is -4.20. The maximum absolute atomic E-state index is 13.3. The lowest BCUT2D eigenvalue weighted by Gasteiger charge is -2.19. The van der Waals surface area contributed by atoms with Crippen molar-refractivity contribution >= 4 is 28.4 Å². The van der Waals surface area contributed by atoms with Crippen molar-refractivity contribution in [3.63, 3.8) is 0 Å². The number of halogens is 3. The quantitative estimate of drug-likeness (QED) is 0.270. The van der Waals surface area contributed by atoms with Gasteiger partial charge in [0.2, 0.25) is 0 Å². The summed E-state index contributed by atoms with van der Waals surface area (Å²) >= 11 is 0. The molecule has 0 radical (unpaired) electrons. The summed E-state index contributed by atoms with van der Waals surface area (Å²) in [6, 6.07) is 4.43. The average molecular weight is 509 g/mol. The first-order valence-electron chi connectivity index (χ1n) is 10.5. The molecule has 1 unspecified atom stereocenters. The van der Waals surface area contributed by atoms with Crippen LogP contribution in [0.2, 0.25) is 0 Å². The van der Waals surface area contributed by atoms with Crippen molar-refractivity contribution in [3.05, 3.63) is 57.4 Å². The van der Waals surface area contributed by atoms with Crippen LogP contribution in [0.5, 0.6) is 11.5 Å². The summed E-state index contributed by atoms with van der Waals surface area (Å²) in [7, 11) is 0. The van der Waals surface area contributed by atoms with Crippen molar-refractivity contribution in [3.8, 4) is 11.5 Å². The normalized spacial score (nSPS) is 12.3. The van der Waals surface area contributed by atoms with Crippen LogP contribution >= 0.6 is 0 Å². The summed E-state index contributed by atoms with van der Waals surface area (Å²) in [6.07, 6.45) is -4.78. The highest BCUT2D eigenvalue weighted by molar-refractivity contribution is 5.92. The molecule has 11 nitrogen and oxygen atoms in total. The summed E-state index contributed by atoms with van der Waals surface area (Å²) in [6.45, 7) is 2.76. The third kappa shape index (κ3) is 6.27. The molecule has 3 rings (SSSR count). The van der Waals surface area contributed by atoms with Crippen molar-refractivity contribution in [2.75, 3.05) is 25.1 Å². The minimum absolute atomic E-state index is 0.00573. The lowest BCUT2D eigenvalue weighted by molar-refractivity contribution is -0.385. The Bertz CT molecular complexity index is 1300. The highest BCUT2D eigenvalue weighted by atomic mass is 19.4. The molecule has 0 bridgehead atoms. The number of nitro benzene ring substituents is 1. The Morgan fingerprint density at radius 2 is 1.89 bits per heavy atom. The Kier molecular flexibility index (Phi) is 7.77. The van der Waals surface area contributed by atoms with Crippen molar-refractivity contribution in [1.82, 2.24) is 9.97 Å². The van der Waals surface area contributed by atoms with Crippen LogP contribution < -0.4 is 20.5 Å². The Morgan fingerprint density at radius 1 is 1.19 bits per heavy atom. The van der Waals surface area contributed by atoms with Gasteiger partial charge in [0.25, 0.3) is 5.69 Å². The lowest BCUT2D eigenvalue weighted by atomic mass is 10.0. The number of non-ortho nitro benzene ring substituents is 1. The van der Waals surface area contributed by atoms with E-state index in [0.717, 1.165) is 12.1 Å². The topological polar surface area (TPSA) is 163 Å². The number of aryl methyl sites for hydroxylation is 1. The number of aromatic nitrogens is 2. The largest absolute Gasteiger partial charge is 0.488 e. The van der Waals surface area contributed by atoms with Gasteiger partial charge in [0.1, 0.15) is 18.2 Å². The molecule has 0 fully saturated rings. The van der Waals surface area contributed by atoms with Crippen LogP contribution in [0.25, 0.3) is 10.9 Å². The SMILES string of the molecule is Cc1nc(NC(C)c2cc([N+](=O)[O-])cc(C(F)(F)F)c2)c2cc(OCC(=O)O)c(OCCN)cc2n1. The van der Waals surface area contributed by atoms with Crippen molar-refractivity contribution in [1.29, 1.82) is 0 Å². The van der Waals surface area contributed by atoms with E-state index in [4.69, 9.17) is 20.3 Å². The number of benzene rings is 2. The summed E-state index contributed by atoms with van der Waals surface area (Å²) in [4.78, 5) is 30.0. The van der Waals surface area contributed by atoms with Crippen LogP contribution in [0.4, 0.5) is 24.7 Å². The van der Waals surface area contributed by atoms with Crippen molar-refractivity contribution in [2.24, 2.45) is 5.73 Å². The van der Waals surface area contributed by atoms with E-state index in [1.165, 1.54) is 19.1 Å². The smallest absolute Gasteiger partial charge is 0.416 e. The molecule has 0 amide bonds. The van der Waals surface area contributed by atoms with Crippen LogP contribution in [-0.2, 0) is 11.0 Å². The fourth-order valence-electron chi connectivity index (χ4n) is 3.34. The lowest BCUT2D eigenvalue weighted by Crippen LogP contribution is -2.14. The van der Waals surface area contributed by atoms with Gasteiger partial charge < -0.3 is 25.6 Å². The summed E-state index contributed by atoms with van der Waals surface area (Å²) in [5, 5.41) is 23.5. The third-order valence-corrected chi connectivity index (χ3v) is 4.93. The van der Waals surface area contributed by atoms with E-state index in [2.05, 4.69) is 15.3 Å². The van der Waals surface area contributed by atoms with Crippen LogP contribution in [-0.4, -0.2) is 45.7 Å². The van der Waals surface area contributed by atoms with Crippen LogP contribution in [0.3, 0.4) is 0 Å². The molecule has 0 aliphatic carbocycles. The predicted molar refractivity (Wildman–Crippen MR) is 122 cm³/mol. The maximum atomic E-state index is 13.3. The number of nitrogens with two attached hydrogens (primary N) is 1. The summed E-state index contributed by atoms with van der Waals surface area (Å²) in [5.74, 6) is -0.457. The molecule has 0 saturated carbocycles. The second kappa shape index (κ2) is 10.6. The first-order valence-corrected chi connectivity index (χ1v) is 10.5. The molecule has 1 heterocycles. The summed E-state index contributed by atoms with van der Waals surface area (Å²) < 4.78 is 50.8. The highest BCUT2D eigenvalue weighted by Gasteiger charge is 2.33. The van der Waals surface area contributed by atoms with Crippen LogP contribution in [0.1, 0.15) is 29.9 Å². The second-order valence-electron chi connectivity index (χ2n) is 7.69. The van der Waals surface area contributed by atoms with Gasteiger partial charge in [0, 0.05) is 30.1 Å². The number of carbonyl (C=O) groups is 1. The van der Waals surface area contributed by atoms with Gasteiger partial charge in [-0.2, -0.15) is 13.2 Å². The van der Waals surface area contributed by atoms with Gasteiger partial charge in [0.15, 0.2) is 18.1 Å². The number of hydrogen-bond acceptors (Lipinski definition) is 9. The van der Waals surface area contributed by atoms with E-state index in [0.29, 0.717) is 22.8 Å². The van der Waals surface area contributed by atoms with E-state index < -0.39 is 41.0 Å². The van der Waals surface area contributed by atoms with Gasteiger partial charge in [-0.15, -0.1) is 0 Å². The van der Waals surface area contributed by atoms with Gasteiger partial charge in [-0.05, 0) is 31.5 Å². The molecule has 2 aromatic carbocycles.